The molecule has 1 heterocycles. The van der Waals surface area contributed by atoms with Crippen LogP contribution in [0.5, 0.6) is 0 Å². The molecule has 4 heteroatoms. The molecule has 106 valence electrons. The normalized spacial score (nSPS) is 19.2. The highest BCUT2D eigenvalue weighted by molar-refractivity contribution is 7.10. The summed E-state index contributed by atoms with van der Waals surface area (Å²) in [6.07, 6.45) is 6.64. The quantitative estimate of drug-likeness (QED) is 0.655. The van der Waals surface area contributed by atoms with E-state index in [0.717, 1.165) is 12.5 Å². The van der Waals surface area contributed by atoms with Crippen molar-refractivity contribution in [3.05, 3.63) is 22.4 Å². The number of nitrogens with zero attached hydrogens (tertiary/aromatic N) is 1. The number of nitrogens with one attached hydrogen (secondary N) is 2. The lowest BCUT2D eigenvalue weighted by molar-refractivity contribution is 0.410. The minimum Gasteiger partial charge on any atom is -0.356 e. The lowest BCUT2D eigenvalue weighted by atomic mass is 9.96. The smallest absolute Gasteiger partial charge is 0.191 e. The Hall–Kier alpha value is -1.03. The highest BCUT2D eigenvalue weighted by Crippen LogP contribution is 2.20. The maximum atomic E-state index is 4.33. The predicted molar refractivity (Wildman–Crippen MR) is 84.1 cm³/mol. The van der Waals surface area contributed by atoms with Crippen LogP contribution in [0.4, 0.5) is 0 Å². The Morgan fingerprint density at radius 1 is 1.42 bits per heavy atom. The van der Waals surface area contributed by atoms with Gasteiger partial charge in [-0.3, -0.25) is 4.99 Å². The summed E-state index contributed by atoms with van der Waals surface area (Å²) in [4.78, 5) is 5.76. The van der Waals surface area contributed by atoms with Gasteiger partial charge < -0.3 is 10.6 Å². The molecule has 0 amide bonds. The molecular formula is C15H25N3S. The first-order valence-corrected chi connectivity index (χ1v) is 8.18. The zero-order chi connectivity index (χ0) is 13.5. The average Bonchev–Trinajstić information content (AvgIpc) is 2.98. The largest absolute Gasteiger partial charge is 0.356 e. The number of hydrogen-bond donors (Lipinski definition) is 2. The minimum atomic E-state index is 0.532. The van der Waals surface area contributed by atoms with Crippen molar-refractivity contribution < 1.29 is 0 Å². The SMILES string of the molecule is CN=C(NCC(C)c1cccs1)NC1CCCCC1. The van der Waals surface area contributed by atoms with Gasteiger partial charge in [0, 0.05) is 30.4 Å². The van der Waals surface area contributed by atoms with Gasteiger partial charge in [-0.2, -0.15) is 0 Å². The summed E-state index contributed by atoms with van der Waals surface area (Å²) in [5.41, 5.74) is 0. The maximum absolute atomic E-state index is 4.33. The molecule has 1 unspecified atom stereocenters. The van der Waals surface area contributed by atoms with E-state index in [-0.39, 0.29) is 0 Å². The van der Waals surface area contributed by atoms with Gasteiger partial charge in [-0.25, -0.2) is 0 Å². The van der Waals surface area contributed by atoms with E-state index in [9.17, 15) is 0 Å². The van der Waals surface area contributed by atoms with Crippen molar-refractivity contribution in [1.82, 2.24) is 10.6 Å². The summed E-state index contributed by atoms with van der Waals surface area (Å²) in [6, 6.07) is 4.93. The van der Waals surface area contributed by atoms with Crippen LogP contribution >= 0.6 is 11.3 Å². The van der Waals surface area contributed by atoms with Crippen LogP contribution in [-0.4, -0.2) is 25.6 Å². The average molecular weight is 279 g/mol. The zero-order valence-corrected chi connectivity index (χ0v) is 12.8. The molecule has 0 radical (unpaired) electrons. The first-order chi connectivity index (χ1) is 9.29. The summed E-state index contributed by atoms with van der Waals surface area (Å²) in [5.74, 6) is 1.49. The summed E-state index contributed by atoms with van der Waals surface area (Å²) < 4.78 is 0. The summed E-state index contributed by atoms with van der Waals surface area (Å²) in [6.45, 7) is 3.19. The molecule has 19 heavy (non-hydrogen) atoms. The molecule has 2 rings (SSSR count). The summed E-state index contributed by atoms with van der Waals surface area (Å²) in [5, 5.41) is 9.14. The van der Waals surface area contributed by atoms with Gasteiger partial charge in [-0.15, -0.1) is 11.3 Å². The lowest BCUT2D eigenvalue weighted by Crippen LogP contribution is -2.45. The molecule has 1 saturated carbocycles. The Balaban J connectivity index is 1.76. The van der Waals surface area contributed by atoms with Gasteiger partial charge in [0.25, 0.3) is 0 Å². The topological polar surface area (TPSA) is 36.4 Å². The fraction of sp³-hybridized carbons (Fsp3) is 0.667. The zero-order valence-electron chi connectivity index (χ0n) is 12.0. The second-order valence-electron chi connectivity index (χ2n) is 5.35. The molecule has 0 aliphatic heterocycles. The Morgan fingerprint density at radius 3 is 2.84 bits per heavy atom. The third kappa shape index (κ3) is 4.53. The first-order valence-electron chi connectivity index (χ1n) is 7.30. The second-order valence-corrected chi connectivity index (χ2v) is 6.33. The van der Waals surface area contributed by atoms with Crippen LogP contribution in [0.3, 0.4) is 0 Å². The Morgan fingerprint density at radius 2 is 2.21 bits per heavy atom. The molecule has 1 aliphatic rings. The third-order valence-electron chi connectivity index (χ3n) is 3.77. The molecule has 2 N–H and O–H groups in total. The molecule has 0 spiro atoms. The van der Waals surface area contributed by atoms with Crippen molar-refractivity contribution in [3.8, 4) is 0 Å². The molecule has 0 saturated heterocycles. The fourth-order valence-electron chi connectivity index (χ4n) is 2.56. The highest BCUT2D eigenvalue weighted by atomic mass is 32.1. The van der Waals surface area contributed by atoms with E-state index in [1.807, 2.05) is 18.4 Å². The number of aliphatic imine (C=N–C) groups is 1. The number of thiophene rings is 1. The monoisotopic (exact) mass is 279 g/mol. The number of hydrogen-bond acceptors (Lipinski definition) is 2. The molecule has 1 fully saturated rings. The van der Waals surface area contributed by atoms with E-state index in [1.54, 1.807) is 0 Å². The number of guanidine groups is 1. The van der Waals surface area contributed by atoms with E-state index in [2.05, 4.69) is 40.1 Å². The lowest BCUT2D eigenvalue weighted by Gasteiger charge is -2.25. The second kappa shape index (κ2) is 7.53. The van der Waals surface area contributed by atoms with Crippen LogP contribution in [0.1, 0.15) is 49.8 Å². The summed E-state index contributed by atoms with van der Waals surface area (Å²) >= 11 is 1.83. The van der Waals surface area contributed by atoms with Gasteiger partial charge >= 0.3 is 0 Å². The van der Waals surface area contributed by atoms with Crippen molar-refractivity contribution in [2.75, 3.05) is 13.6 Å². The first kappa shape index (κ1) is 14.4. The highest BCUT2D eigenvalue weighted by Gasteiger charge is 2.15. The van der Waals surface area contributed by atoms with Gasteiger partial charge in [0.05, 0.1) is 0 Å². The van der Waals surface area contributed by atoms with Crippen LogP contribution in [-0.2, 0) is 0 Å². The van der Waals surface area contributed by atoms with Crippen LogP contribution in [0, 0.1) is 0 Å². The van der Waals surface area contributed by atoms with E-state index < -0.39 is 0 Å². The van der Waals surface area contributed by atoms with Crippen LogP contribution in [0.25, 0.3) is 0 Å². The number of rotatable bonds is 4. The predicted octanol–water partition coefficient (Wildman–Crippen LogP) is 3.35. The molecule has 1 aromatic rings. The van der Waals surface area contributed by atoms with Crippen molar-refractivity contribution in [3.63, 3.8) is 0 Å². The van der Waals surface area contributed by atoms with Gasteiger partial charge in [0.2, 0.25) is 0 Å². The Bertz CT molecular complexity index is 380. The van der Waals surface area contributed by atoms with E-state index >= 15 is 0 Å². The van der Waals surface area contributed by atoms with Crippen LogP contribution in [0.2, 0.25) is 0 Å². The van der Waals surface area contributed by atoms with E-state index in [4.69, 9.17) is 0 Å². The van der Waals surface area contributed by atoms with Crippen molar-refractivity contribution in [2.24, 2.45) is 4.99 Å². The maximum Gasteiger partial charge on any atom is 0.191 e. The minimum absolute atomic E-state index is 0.532. The van der Waals surface area contributed by atoms with E-state index in [0.29, 0.717) is 12.0 Å². The van der Waals surface area contributed by atoms with Crippen molar-refractivity contribution in [1.29, 1.82) is 0 Å². The van der Waals surface area contributed by atoms with Crippen LogP contribution in [0.15, 0.2) is 22.5 Å². The van der Waals surface area contributed by atoms with Gasteiger partial charge in [-0.05, 0) is 24.3 Å². The fourth-order valence-corrected chi connectivity index (χ4v) is 3.34. The molecule has 3 nitrogen and oxygen atoms in total. The summed E-state index contributed by atoms with van der Waals surface area (Å²) in [7, 11) is 1.86. The molecule has 0 aromatic carbocycles. The Labute approximate surface area is 120 Å². The van der Waals surface area contributed by atoms with E-state index in [1.165, 1.54) is 37.0 Å². The Kier molecular flexibility index (Phi) is 5.70. The van der Waals surface area contributed by atoms with Crippen molar-refractivity contribution >= 4 is 17.3 Å². The molecule has 1 aliphatic carbocycles. The molecule has 1 atom stereocenters. The van der Waals surface area contributed by atoms with Gasteiger partial charge in [-0.1, -0.05) is 32.3 Å². The standard InChI is InChI=1S/C15H25N3S/c1-12(14-9-6-10-19-14)11-17-15(16-2)18-13-7-4-3-5-8-13/h6,9-10,12-13H,3-5,7-8,11H2,1-2H3,(H2,16,17,18). The van der Waals surface area contributed by atoms with Crippen LogP contribution < -0.4 is 10.6 Å². The van der Waals surface area contributed by atoms with Gasteiger partial charge in [0.15, 0.2) is 5.96 Å². The third-order valence-corrected chi connectivity index (χ3v) is 4.88. The molecular weight excluding hydrogens is 254 g/mol. The van der Waals surface area contributed by atoms with Crippen molar-refractivity contribution in [2.45, 2.75) is 51.0 Å². The molecule has 1 aromatic heterocycles. The molecule has 0 bridgehead atoms. The van der Waals surface area contributed by atoms with Gasteiger partial charge in [0.1, 0.15) is 0 Å².